The van der Waals surface area contributed by atoms with Crippen LogP contribution in [0.25, 0.3) is 5.65 Å². The van der Waals surface area contributed by atoms with E-state index >= 15 is 0 Å². The van der Waals surface area contributed by atoms with Crippen molar-refractivity contribution in [2.45, 2.75) is 19.3 Å². The summed E-state index contributed by atoms with van der Waals surface area (Å²) in [6, 6.07) is 13.7. The van der Waals surface area contributed by atoms with Gasteiger partial charge in [0, 0.05) is 17.5 Å². The zero-order valence-corrected chi connectivity index (χ0v) is 16.1. The summed E-state index contributed by atoms with van der Waals surface area (Å²) in [4.78, 5) is 24.8. The molecule has 31 heavy (non-hydrogen) atoms. The molecule has 0 radical (unpaired) electrons. The van der Waals surface area contributed by atoms with Crippen LogP contribution >= 0.6 is 0 Å². The third-order valence-corrected chi connectivity index (χ3v) is 4.81. The average molecular weight is 416 g/mol. The van der Waals surface area contributed by atoms with Crippen molar-refractivity contribution in [3.05, 3.63) is 75.8 Å². The fourth-order valence-electron chi connectivity index (χ4n) is 3.31. The summed E-state index contributed by atoms with van der Waals surface area (Å²) < 4.78 is 6.76. The summed E-state index contributed by atoms with van der Waals surface area (Å²) in [6.07, 6.45) is 2.07. The lowest BCUT2D eigenvalue weighted by Gasteiger charge is -2.17. The number of carbonyl (C=O) groups is 1. The van der Waals surface area contributed by atoms with Crippen LogP contribution in [0.3, 0.4) is 0 Å². The van der Waals surface area contributed by atoms with E-state index in [1.807, 2.05) is 6.07 Å². The SMILES string of the molecule is O=C(Nc1cc2c(oc1=O)CCC/C2=N/Nc1ccc2nnnn2n1)c1ccccc1. The largest absolute Gasteiger partial charge is 0.426 e. The van der Waals surface area contributed by atoms with Gasteiger partial charge in [-0.05, 0) is 53.6 Å². The first kappa shape index (κ1) is 18.6. The second-order valence-electron chi connectivity index (χ2n) is 6.87. The van der Waals surface area contributed by atoms with E-state index in [-0.39, 0.29) is 11.6 Å². The van der Waals surface area contributed by atoms with E-state index in [1.54, 1.807) is 42.5 Å². The third-order valence-electron chi connectivity index (χ3n) is 4.81. The molecular weight excluding hydrogens is 400 g/mol. The lowest BCUT2D eigenvalue weighted by atomic mass is 9.95. The van der Waals surface area contributed by atoms with Gasteiger partial charge in [-0.3, -0.25) is 10.2 Å². The molecule has 1 aliphatic carbocycles. The Bertz CT molecular complexity index is 1360. The van der Waals surface area contributed by atoms with Gasteiger partial charge in [0.15, 0.2) is 11.5 Å². The van der Waals surface area contributed by atoms with E-state index in [9.17, 15) is 9.59 Å². The highest BCUT2D eigenvalue weighted by Crippen LogP contribution is 2.23. The van der Waals surface area contributed by atoms with Crippen molar-refractivity contribution in [3.8, 4) is 0 Å². The summed E-state index contributed by atoms with van der Waals surface area (Å²) in [5.41, 5.74) is 4.69. The molecule has 5 rings (SSSR count). The van der Waals surface area contributed by atoms with Crippen LogP contribution < -0.4 is 16.4 Å². The second-order valence-corrected chi connectivity index (χ2v) is 6.87. The Morgan fingerprint density at radius 3 is 2.87 bits per heavy atom. The Hall–Kier alpha value is -4.41. The summed E-state index contributed by atoms with van der Waals surface area (Å²) in [7, 11) is 0. The van der Waals surface area contributed by atoms with Crippen LogP contribution in [0.4, 0.5) is 11.5 Å². The predicted molar refractivity (Wildman–Crippen MR) is 111 cm³/mol. The molecule has 0 atom stereocenters. The van der Waals surface area contributed by atoms with Crippen molar-refractivity contribution in [1.29, 1.82) is 0 Å². The number of nitrogens with zero attached hydrogens (tertiary/aromatic N) is 6. The van der Waals surface area contributed by atoms with Gasteiger partial charge in [-0.15, -0.1) is 14.8 Å². The lowest BCUT2D eigenvalue weighted by molar-refractivity contribution is 0.102. The molecule has 2 N–H and O–H groups in total. The van der Waals surface area contributed by atoms with Crippen LogP contribution in [0.5, 0.6) is 0 Å². The lowest BCUT2D eigenvalue weighted by Crippen LogP contribution is -2.22. The molecule has 11 nitrogen and oxygen atoms in total. The molecule has 3 aromatic heterocycles. The molecular formula is C20H16N8O3. The van der Waals surface area contributed by atoms with Gasteiger partial charge < -0.3 is 9.73 Å². The number of tetrazole rings is 1. The molecule has 0 saturated carbocycles. The Kier molecular flexibility index (Phi) is 4.67. The number of aryl methyl sites for hydroxylation is 1. The van der Waals surface area contributed by atoms with Crippen molar-refractivity contribution >= 4 is 28.8 Å². The Morgan fingerprint density at radius 2 is 2.00 bits per heavy atom. The smallest absolute Gasteiger partial charge is 0.359 e. The maximum absolute atomic E-state index is 12.5. The first-order chi connectivity index (χ1) is 15.2. The summed E-state index contributed by atoms with van der Waals surface area (Å²) in [5.74, 6) is 0.604. The number of hydrogen-bond donors (Lipinski definition) is 2. The molecule has 0 bridgehead atoms. The van der Waals surface area contributed by atoms with E-state index in [0.717, 1.165) is 6.42 Å². The first-order valence-electron chi connectivity index (χ1n) is 9.59. The number of carbonyl (C=O) groups excluding carboxylic acids is 1. The van der Waals surface area contributed by atoms with Gasteiger partial charge in [0.25, 0.3) is 5.91 Å². The molecule has 0 spiro atoms. The van der Waals surface area contributed by atoms with E-state index in [1.165, 1.54) is 4.63 Å². The Balaban J connectivity index is 1.43. The van der Waals surface area contributed by atoms with Crippen LogP contribution in [-0.2, 0) is 6.42 Å². The van der Waals surface area contributed by atoms with Crippen molar-refractivity contribution < 1.29 is 9.21 Å². The first-order valence-corrected chi connectivity index (χ1v) is 9.59. The van der Waals surface area contributed by atoms with Gasteiger partial charge in [-0.2, -0.15) is 5.10 Å². The van der Waals surface area contributed by atoms with Crippen LogP contribution in [0, 0.1) is 0 Å². The van der Waals surface area contributed by atoms with Crippen molar-refractivity contribution in [3.63, 3.8) is 0 Å². The highest BCUT2D eigenvalue weighted by molar-refractivity contribution is 6.06. The molecule has 154 valence electrons. The monoisotopic (exact) mass is 416 g/mol. The minimum atomic E-state index is -0.594. The maximum Gasteiger partial charge on any atom is 0.359 e. The van der Waals surface area contributed by atoms with Crippen molar-refractivity contribution in [1.82, 2.24) is 25.3 Å². The van der Waals surface area contributed by atoms with Crippen molar-refractivity contribution in [2.75, 3.05) is 10.7 Å². The number of aromatic nitrogens is 5. The van der Waals surface area contributed by atoms with Crippen LogP contribution in [0.1, 0.15) is 34.5 Å². The highest BCUT2D eigenvalue weighted by atomic mass is 16.4. The number of benzene rings is 1. The second kappa shape index (κ2) is 7.78. The van der Waals surface area contributed by atoms with Crippen LogP contribution in [-0.4, -0.2) is 36.9 Å². The highest BCUT2D eigenvalue weighted by Gasteiger charge is 2.21. The fraction of sp³-hybridized carbons (Fsp3) is 0.150. The zero-order valence-electron chi connectivity index (χ0n) is 16.1. The molecule has 11 heteroatoms. The number of amides is 1. The third kappa shape index (κ3) is 3.75. The normalized spacial score (nSPS) is 14.4. The van der Waals surface area contributed by atoms with E-state index in [4.69, 9.17) is 4.42 Å². The number of rotatable bonds is 4. The predicted octanol–water partition coefficient (Wildman–Crippen LogP) is 1.88. The standard InChI is InChI=1S/C20H16N8O3/c29-19(12-5-2-1-3-6-12)21-15-11-13-14(7-4-8-16(13)31-20(15)30)22-23-17-9-10-18-24-26-27-28(18)25-17/h1-3,5-6,9-11H,4,7-8H2,(H,21,29)(H,23,25)/b22-14-. The van der Waals surface area contributed by atoms with Crippen LogP contribution in [0.15, 0.2) is 62.8 Å². The fourth-order valence-corrected chi connectivity index (χ4v) is 3.31. The number of anilines is 2. The molecule has 3 heterocycles. The number of hydrogen-bond acceptors (Lipinski definition) is 9. The molecule has 0 unspecified atom stereocenters. The Morgan fingerprint density at radius 1 is 1.13 bits per heavy atom. The maximum atomic E-state index is 12.5. The number of hydrazone groups is 1. The molecule has 1 aliphatic rings. The number of fused-ring (bicyclic) bond motifs is 2. The summed E-state index contributed by atoms with van der Waals surface area (Å²) in [5, 5.41) is 22.4. The summed E-state index contributed by atoms with van der Waals surface area (Å²) in [6.45, 7) is 0. The topological polar surface area (TPSA) is 140 Å². The quantitative estimate of drug-likeness (QED) is 0.481. The van der Waals surface area contributed by atoms with Gasteiger partial charge >= 0.3 is 5.63 Å². The minimum absolute atomic E-state index is 0.0652. The van der Waals surface area contributed by atoms with Gasteiger partial charge in [-0.1, -0.05) is 18.2 Å². The zero-order chi connectivity index (χ0) is 21.2. The molecule has 4 aromatic rings. The number of nitrogens with one attached hydrogen (secondary N) is 2. The minimum Gasteiger partial charge on any atom is -0.426 e. The van der Waals surface area contributed by atoms with E-state index in [2.05, 4.69) is 36.5 Å². The van der Waals surface area contributed by atoms with Gasteiger partial charge in [0.1, 0.15) is 11.4 Å². The van der Waals surface area contributed by atoms with E-state index in [0.29, 0.717) is 46.9 Å². The molecule has 1 aromatic carbocycles. The molecule has 0 saturated heterocycles. The van der Waals surface area contributed by atoms with Crippen molar-refractivity contribution in [2.24, 2.45) is 5.10 Å². The van der Waals surface area contributed by atoms with Gasteiger partial charge in [-0.25, -0.2) is 4.79 Å². The van der Waals surface area contributed by atoms with Crippen LogP contribution in [0.2, 0.25) is 0 Å². The summed E-state index contributed by atoms with van der Waals surface area (Å²) >= 11 is 0. The van der Waals surface area contributed by atoms with E-state index < -0.39 is 5.63 Å². The molecule has 0 aliphatic heterocycles. The Labute approximate surface area is 174 Å². The van der Waals surface area contributed by atoms with Gasteiger partial charge in [0.05, 0.1) is 5.71 Å². The average Bonchev–Trinajstić information content (AvgIpc) is 3.26. The molecule has 1 amide bonds. The molecule has 0 fully saturated rings. The van der Waals surface area contributed by atoms with Gasteiger partial charge in [0.2, 0.25) is 0 Å².